The molecule has 0 saturated carbocycles. The molecule has 4 aromatic carbocycles. The largest absolute Gasteiger partial charge is 0.454 e. The van der Waals surface area contributed by atoms with Gasteiger partial charge in [-0.15, -0.1) is 0 Å². The summed E-state index contributed by atoms with van der Waals surface area (Å²) in [5, 5.41) is 11.8. The van der Waals surface area contributed by atoms with E-state index in [0.29, 0.717) is 5.56 Å². The lowest BCUT2D eigenvalue weighted by Crippen LogP contribution is -2.35. The Morgan fingerprint density at radius 2 is 1.39 bits per heavy atom. The third-order valence-corrected chi connectivity index (χ3v) is 7.07. The monoisotopic (exact) mass is 465 g/mol. The first kappa shape index (κ1) is 21.8. The normalized spacial score (nSPS) is 11.2. The average Bonchev–Trinajstić information content (AvgIpc) is 3.29. The highest BCUT2D eigenvalue weighted by molar-refractivity contribution is 6.13. The van der Waals surface area contributed by atoms with Crippen LogP contribution < -0.4 is 4.57 Å². The summed E-state index contributed by atoms with van der Waals surface area (Å²) >= 11 is 0. The zero-order valence-corrected chi connectivity index (χ0v) is 20.5. The van der Waals surface area contributed by atoms with Crippen LogP contribution in [0.4, 0.5) is 0 Å². The van der Waals surface area contributed by atoms with Crippen molar-refractivity contribution >= 4 is 21.9 Å². The van der Waals surface area contributed by atoms with Crippen LogP contribution in [-0.4, -0.2) is 0 Å². The molecule has 0 aliphatic heterocycles. The molecule has 172 valence electrons. The predicted octanol–water partition coefficient (Wildman–Crippen LogP) is 7.90. The highest BCUT2D eigenvalue weighted by atomic mass is 16.3. The van der Waals surface area contributed by atoms with Crippen molar-refractivity contribution < 1.29 is 8.98 Å². The molecule has 6 rings (SSSR count). The number of fused-ring (bicyclic) bond motifs is 3. The Morgan fingerprint density at radius 3 is 2.08 bits per heavy atom. The van der Waals surface area contributed by atoms with Crippen LogP contribution in [0.2, 0.25) is 0 Å². The Morgan fingerprint density at radius 1 is 0.694 bits per heavy atom. The molecule has 36 heavy (non-hydrogen) atoms. The number of pyridine rings is 1. The number of hydrogen-bond acceptors (Lipinski definition) is 2. The molecule has 0 bridgehead atoms. The van der Waals surface area contributed by atoms with Gasteiger partial charge in [0.05, 0.1) is 17.2 Å². The number of nitrogens with zero attached hydrogens (tertiary/aromatic N) is 2. The van der Waals surface area contributed by atoms with E-state index in [0.717, 1.165) is 55.6 Å². The van der Waals surface area contributed by atoms with Gasteiger partial charge >= 0.3 is 0 Å². The van der Waals surface area contributed by atoms with Gasteiger partial charge in [-0.05, 0) is 41.3 Å². The second-order valence-electron chi connectivity index (χ2n) is 9.31. The van der Waals surface area contributed by atoms with Gasteiger partial charge in [-0.2, -0.15) is 9.83 Å². The van der Waals surface area contributed by atoms with Crippen molar-refractivity contribution in [3.8, 4) is 39.6 Å². The summed E-state index contributed by atoms with van der Waals surface area (Å²) in [6.45, 7) is 4.27. The topological polar surface area (TPSA) is 40.8 Å². The molecule has 0 unspecified atom stereocenters. The molecule has 2 heterocycles. The van der Waals surface area contributed by atoms with Gasteiger partial charge in [0.15, 0.2) is 5.69 Å². The standard InChI is InChI=1S/C33H25N2O/c1-21-14-15-27-29-18-23(20-34)17-28(25-12-8-5-9-13-25)32(29)36-33(27)31(21)30-19-26(16-22(2)35(30)3)24-10-6-4-7-11-24/h4-19H,1-3H3/q+1. The first-order valence-electron chi connectivity index (χ1n) is 12.1. The lowest BCUT2D eigenvalue weighted by atomic mass is 9.96. The fourth-order valence-electron chi connectivity index (χ4n) is 5.09. The molecule has 0 aliphatic rings. The fourth-order valence-corrected chi connectivity index (χ4v) is 5.09. The van der Waals surface area contributed by atoms with Crippen LogP contribution in [0.5, 0.6) is 0 Å². The van der Waals surface area contributed by atoms with Crippen molar-refractivity contribution in [2.45, 2.75) is 13.8 Å². The van der Waals surface area contributed by atoms with E-state index >= 15 is 0 Å². The number of furan rings is 1. The number of hydrogen-bond donors (Lipinski definition) is 0. The smallest absolute Gasteiger partial charge is 0.217 e. The fraction of sp³-hybridized carbons (Fsp3) is 0.0909. The highest BCUT2D eigenvalue weighted by Gasteiger charge is 2.24. The van der Waals surface area contributed by atoms with Gasteiger partial charge < -0.3 is 4.42 Å². The summed E-state index contributed by atoms with van der Waals surface area (Å²) in [4.78, 5) is 0. The van der Waals surface area contributed by atoms with E-state index in [1.807, 2.05) is 36.4 Å². The highest BCUT2D eigenvalue weighted by Crippen LogP contribution is 2.41. The second-order valence-corrected chi connectivity index (χ2v) is 9.31. The lowest BCUT2D eigenvalue weighted by Gasteiger charge is -2.10. The maximum atomic E-state index is 9.78. The Balaban J connectivity index is 1.69. The minimum Gasteiger partial charge on any atom is -0.454 e. The van der Waals surface area contributed by atoms with Gasteiger partial charge in [0.1, 0.15) is 18.2 Å². The third-order valence-electron chi connectivity index (χ3n) is 7.07. The molecule has 2 aromatic heterocycles. The van der Waals surface area contributed by atoms with Gasteiger partial charge in [0.2, 0.25) is 5.69 Å². The number of nitriles is 1. The first-order valence-corrected chi connectivity index (χ1v) is 12.1. The maximum absolute atomic E-state index is 9.78. The van der Waals surface area contributed by atoms with Gasteiger partial charge in [0.25, 0.3) is 0 Å². The average molecular weight is 466 g/mol. The molecule has 3 nitrogen and oxygen atoms in total. The van der Waals surface area contributed by atoms with Crippen LogP contribution >= 0.6 is 0 Å². The van der Waals surface area contributed by atoms with Crippen molar-refractivity contribution in [3.05, 3.63) is 114 Å². The molecule has 6 aromatic rings. The number of aromatic nitrogens is 1. The van der Waals surface area contributed by atoms with E-state index in [4.69, 9.17) is 4.42 Å². The van der Waals surface area contributed by atoms with Crippen LogP contribution in [0.3, 0.4) is 0 Å². The van der Waals surface area contributed by atoms with Gasteiger partial charge in [-0.3, -0.25) is 0 Å². The number of rotatable bonds is 3. The molecule has 0 N–H and O–H groups in total. The lowest BCUT2D eigenvalue weighted by molar-refractivity contribution is -0.666. The van der Waals surface area contributed by atoms with E-state index in [1.54, 1.807) is 0 Å². The summed E-state index contributed by atoms with van der Waals surface area (Å²) in [5.74, 6) is 0. The van der Waals surface area contributed by atoms with Crippen molar-refractivity contribution in [2.24, 2.45) is 7.05 Å². The number of benzene rings is 4. The van der Waals surface area contributed by atoms with E-state index in [9.17, 15) is 5.26 Å². The van der Waals surface area contributed by atoms with Crippen molar-refractivity contribution in [2.75, 3.05) is 0 Å². The summed E-state index contributed by atoms with van der Waals surface area (Å²) < 4.78 is 8.94. The Bertz CT molecular complexity index is 1810. The van der Waals surface area contributed by atoms with Gasteiger partial charge in [0, 0.05) is 35.4 Å². The molecule has 0 fully saturated rings. The molecule has 0 amide bonds. The summed E-state index contributed by atoms with van der Waals surface area (Å²) in [6, 6.07) is 35.5. The third kappa shape index (κ3) is 3.47. The molecular formula is C33H25N2O+. The van der Waals surface area contributed by atoms with Gasteiger partial charge in [-0.1, -0.05) is 72.8 Å². The molecule has 0 saturated heterocycles. The minimum absolute atomic E-state index is 0.624. The van der Waals surface area contributed by atoms with Crippen LogP contribution in [-0.2, 0) is 7.05 Å². The number of aryl methyl sites for hydroxylation is 2. The van der Waals surface area contributed by atoms with E-state index in [2.05, 4.69) is 92.2 Å². The molecule has 0 spiro atoms. The summed E-state index contributed by atoms with van der Waals surface area (Å²) in [7, 11) is 2.10. The molecular weight excluding hydrogens is 440 g/mol. The van der Waals surface area contributed by atoms with Crippen LogP contribution in [0, 0.1) is 25.2 Å². The van der Waals surface area contributed by atoms with Crippen LogP contribution in [0.25, 0.3) is 55.4 Å². The molecule has 3 heteroatoms. The van der Waals surface area contributed by atoms with Crippen molar-refractivity contribution in [1.29, 1.82) is 5.26 Å². The van der Waals surface area contributed by atoms with Gasteiger partial charge in [-0.25, -0.2) is 0 Å². The van der Waals surface area contributed by atoms with E-state index < -0.39 is 0 Å². The predicted molar refractivity (Wildman–Crippen MR) is 145 cm³/mol. The Labute approximate surface area is 210 Å². The zero-order chi connectivity index (χ0) is 24.8. The van der Waals surface area contributed by atoms with Crippen molar-refractivity contribution in [1.82, 2.24) is 0 Å². The second kappa shape index (κ2) is 8.52. The Hall–Kier alpha value is -4.68. The SMILES string of the molecule is Cc1ccc2c(oc3c(-c4ccccc4)cc(C#N)cc32)c1-c1cc(-c2ccccc2)cc(C)[n+]1C. The van der Waals surface area contributed by atoms with E-state index in [-0.39, 0.29) is 0 Å². The molecule has 0 radical (unpaired) electrons. The summed E-state index contributed by atoms with van der Waals surface area (Å²) in [5.41, 5.74) is 11.1. The quantitative estimate of drug-likeness (QED) is 0.249. The molecule has 0 atom stereocenters. The van der Waals surface area contributed by atoms with Crippen LogP contribution in [0.15, 0.2) is 101 Å². The van der Waals surface area contributed by atoms with Crippen molar-refractivity contribution in [3.63, 3.8) is 0 Å². The Kier molecular flexibility index (Phi) is 5.16. The minimum atomic E-state index is 0.624. The molecule has 0 aliphatic carbocycles. The first-order chi connectivity index (χ1) is 17.5. The maximum Gasteiger partial charge on any atom is 0.217 e. The summed E-state index contributed by atoms with van der Waals surface area (Å²) in [6.07, 6.45) is 0. The van der Waals surface area contributed by atoms with Crippen LogP contribution in [0.1, 0.15) is 16.8 Å². The van der Waals surface area contributed by atoms with E-state index in [1.165, 1.54) is 11.1 Å². The zero-order valence-electron chi connectivity index (χ0n) is 20.5.